The number of hydrogen-bond donors (Lipinski definition) is 1. The molecular weight excluding hydrogens is 132 g/mol. The van der Waals surface area contributed by atoms with Gasteiger partial charge in [-0.1, -0.05) is 13.3 Å². The maximum Gasteiger partial charge on any atom is 0.0579 e. The molecule has 0 aromatic heterocycles. The summed E-state index contributed by atoms with van der Waals surface area (Å²) in [5, 5.41) is 0. The highest BCUT2D eigenvalue weighted by Gasteiger charge is 2.02. The number of hydrogen-bond acceptors (Lipinski definition) is 2. The smallest absolute Gasteiger partial charge is 0.0579 e. The fourth-order valence-corrected chi connectivity index (χ4v) is 1.13. The minimum Gasteiger partial charge on any atom is -0.381 e. The number of methoxy groups -OCH3 is 1. The van der Waals surface area contributed by atoms with Crippen molar-refractivity contribution in [2.24, 2.45) is 0 Å². The Morgan fingerprint density at radius 3 is 2.44 bits per heavy atom. The minimum atomic E-state index is 0.437. The molecule has 0 heterocycles. The first-order valence-corrected chi connectivity index (χ1v) is 4.12. The van der Waals surface area contributed by atoms with Crippen LogP contribution in [0.5, 0.6) is 0 Å². The monoisotopic (exact) mass is 148 g/mol. The molecule has 1 nitrogen and oxygen atoms in total. The number of ether oxygens (including phenoxy) is 1. The summed E-state index contributed by atoms with van der Waals surface area (Å²) in [5.74, 6) is 0.929. The molecule has 0 aromatic rings. The van der Waals surface area contributed by atoms with Gasteiger partial charge in [0.15, 0.2) is 0 Å². The third-order valence-corrected chi connectivity index (χ3v) is 1.65. The predicted octanol–water partition coefficient (Wildman–Crippen LogP) is 2.12. The molecule has 0 radical (unpaired) electrons. The van der Waals surface area contributed by atoms with Gasteiger partial charge >= 0.3 is 0 Å². The fourth-order valence-electron chi connectivity index (χ4n) is 0.846. The second-order valence-electron chi connectivity index (χ2n) is 2.16. The largest absolute Gasteiger partial charge is 0.381 e. The van der Waals surface area contributed by atoms with E-state index in [2.05, 4.69) is 19.6 Å². The number of rotatable bonds is 5. The highest BCUT2D eigenvalue weighted by molar-refractivity contribution is 7.80. The topological polar surface area (TPSA) is 9.23 Å². The molecule has 0 N–H and O–H groups in total. The van der Waals surface area contributed by atoms with Crippen molar-refractivity contribution in [2.45, 2.75) is 32.3 Å². The average Bonchev–Trinajstić information content (AvgIpc) is 1.88. The summed E-state index contributed by atoms with van der Waals surface area (Å²) in [4.78, 5) is 0. The maximum atomic E-state index is 5.18. The van der Waals surface area contributed by atoms with Gasteiger partial charge in [-0.2, -0.15) is 12.6 Å². The molecule has 0 fully saturated rings. The van der Waals surface area contributed by atoms with Crippen LogP contribution in [-0.4, -0.2) is 19.0 Å². The Labute approximate surface area is 63.2 Å². The van der Waals surface area contributed by atoms with Gasteiger partial charge in [0.25, 0.3) is 0 Å². The molecule has 0 aliphatic heterocycles. The third-order valence-electron chi connectivity index (χ3n) is 1.40. The van der Waals surface area contributed by atoms with Crippen LogP contribution < -0.4 is 0 Å². The van der Waals surface area contributed by atoms with Crippen molar-refractivity contribution < 1.29 is 4.74 Å². The Bertz CT molecular complexity index is 50.9. The van der Waals surface area contributed by atoms with Gasteiger partial charge in [-0.25, -0.2) is 0 Å². The van der Waals surface area contributed by atoms with E-state index in [0.717, 1.165) is 18.6 Å². The van der Waals surface area contributed by atoms with Crippen molar-refractivity contribution in [3.8, 4) is 0 Å². The lowest BCUT2D eigenvalue weighted by Gasteiger charge is -2.11. The molecular formula is C7H16OS. The van der Waals surface area contributed by atoms with Gasteiger partial charge in [0, 0.05) is 7.11 Å². The fraction of sp³-hybridized carbons (Fsp3) is 1.00. The van der Waals surface area contributed by atoms with E-state index in [4.69, 9.17) is 4.74 Å². The second-order valence-corrected chi connectivity index (χ2v) is 2.61. The summed E-state index contributed by atoms with van der Waals surface area (Å²) in [6.07, 6.45) is 3.88. The Hall–Kier alpha value is 0.310. The van der Waals surface area contributed by atoms with Crippen LogP contribution in [0.25, 0.3) is 0 Å². The van der Waals surface area contributed by atoms with Gasteiger partial charge in [0.1, 0.15) is 0 Å². The van der Waals surface area contributed by atoms with Crippen molar-refractivity contribution >= 4 is 12.6 Å². The third kappa shape index (κ3) is 4.79. The lowest BCUT2D eigenvalue weighted by atomic mass is 10.2. The normalized spacial score (nSPS) is 13.7. The van der Waals surface area contributed by atoms with E-state index in [0.29, 0.717) is 6.10 Å². The second kappa shape index (κ2) is 6.43. The summed E-state index contributed by atoms with van der Waals surface area (Å²) in [5.41, 5.74) is 0. The lowest BCUT2D eigenvalue weighted by molar-refractivity contribution is 0.0926. The van der Waals surface area contributed by atoms with Gasteiger partial charge in [-0.05, 0) is 18.6 Å². The van der Waals surface area contributed by atoms with Crippen LogP contribution in [0.1, 0.15) is 26.2 Å². The zero-order chi connectivity index (χ0) is 7.11. The van der Waals surface area contributed by atoms with Gasteiger partial charge in [0.05, 0.1) is 6.10 Å². The van der Waals surface area contributed by atoms with Gasteiger partial charge in [-0.15, -0.1) is 0 Å². The minimum absolute atomic E-state index is 0.437. The van der Waals surface area contributed by atoms with Crippen LogP contribution in [0.3, 0.4) is 0 Å². The highest BCUT2D eigenvalue weighted by Crippen LogP contribution is 2.05. The highest BCUT2D eigenvalue weighted by atomic mass is 32.1. The summed E-state index contributed by atoms with van der Waals surface area (Å²) in [6.45, 7) is 2.17. The molecule has 1 unspecified atom stereocenters. The van der Waals surface area contributed by atoms with Crippen molar-refractivity contribution in [3.63, 3.8) is 0 Å². The molecule has 0 spiro atoms. The first-order chi connectivity index (χ1) is 4.35. The molecule has 9 heavy (non-hydrogen) atoms. The van der Waals surface area contributed by atoms with Crippen LogP contribution in [0, 0.1) is 0 Å². The molecule has 0 saturated heterocycles. The Balaban J connectivity index is 3.18. The van der Waals surface area contributed by atoms with E-state index < -0.39 is 0 Å². The van der Waals surface area contributed by atoms with Crippen molar-refractivity contribution in [3.05, 3.63) is 0 Å². The van der Waals surface area contributed by atoms with E-state index >= 15 is 0 Å². The molecule has 0 saturated carbocycles. The van der Waals surface area contributed by atoms with Crippen LogP contribution >= 0.6 is 12.6 Å². The first-order valence-electron chi connectivity index (χ1n) is 3.48. The molecule has 0 aliphatic carbocycles. The summed E-state index contributed by atoms with van der Waals surface area (Å²) >= 11 is 4.13. The van der Waals surface area contributed by atoms with Crippen molar-refractivity contribution in [1.29, 1.82) is 0 Å². The molecule has 0 aromatic carbocycles. The standard InChI is InChI=1S/C7H16OS/c1-3-4-7(8-2)5-6-9/h7,9H,3-6H2,1-2H3. The summed E-state index contributed by atoms with van der Waals surface area (Å²) < 4.78 is 5.18. The van der Waals surface area contributed by atoms with E-state index in [1.165, 1.54) is 6.42 Å². The maximum absolute atomic E-state index is 5.18. The quantitative estimate of drug-likeness (QED) is 0.588. The average molecular weight is 148 g/mol. The summed E-state index contributed by atoms with van der Waals surface area (Å²) in [6, 6.07) is 0. The SMILES string of the molecule is CCCC(CCS)OC. The molecule has 56 valence electrons. The van der Waals surface area contributed by atoms with E-state index in [1.54, 1.807) is 7.11 Å². The molecule has 0 bridgehead atoms. The zero-order valence-electron chi connectivity index (χ0n) is 6.26. The van der Waals surface area contributed by atoms with Crippen LogP contribution in [-0.2, 0) is 4.74 Å². The molecule has 1 atom stereocenters. The summed E-state index contributed by atoms with van der Waals surface area (Å²) in [7, 11) is 1.77. The first kappa shape index (κ1) is 9.31. The van der Waals surface area contributed by atoms with Crippen molar-refractivity contribution in [1.82, 2.24) is 0 Å². The van der Waals surface area contributed by atoms with Crippen LogP contribution in [0.15, 0.2) is 0 Å². The van der Waals surface area contributed by atoms with Gasteiger partial charge in [-0.3, -0.25) is 0 Å². The van der Waals surface area contributed by atoms with Gasteiger partial charge in [0.2, 0.25) is 0 Å². The van der Waals surface area contributed by atoms with E-state index in [-0.39, 0.29) is 0 Å². The van der Waals surface area contributed by atoms with Crippen LogP contribution in [0.2, 0.25) is 0 Å². The van der Waals surface area contributed by atoms with Crippen molar-refractivity contribution in [2.75, 3.05) is 12.9 Å². The van der Waals surface area contributed by atoms with Crippen LogP contribution in [0.4, 0.5) is 0 Å². The lowest BCUT2D eigenvalue weighted by Crippen LogP contribution is -2.10. The van der Waals surface area contributed by atoms with E-state index in [9.17, 15) is 0 Å². The Morgan fingerprint density at radius 2 is 2.11 bits per heavy atom. The zero-order valence-corrected chi connectivity index (χ0v) is 7.16. The Kier molecular flexibility index (Phi) is 6.65. The molecule has 0 rings (SSSR count). The number of thiol groups is 1. The Morgan fingerprint density at radius 1 is 1.44 bits per heavy atom. The molecule has 0 aliphatic rings. The molecule has 0 amide bonds. The van der Waals surface area contributed by atoms with E-state index in [1.807, 2.05) is 0 Å². The van der Waals surface area contributed by atoms with Gasteiger partial charge < -0.3 is 4.74 Å². The predicted molar refractivity (Wildman–Crippen MR) is 44.2 cm³/mol. The molecule has 2 heteroatoms.